The summed E-state index contributed by atoms with van der Waals surface area (Å²) in [4.78, 5) is 44.3. The van der Waals surface area contributed by atoms with Gasteiger partial charge in [-0.3, -0.25) is 20.3 Å². The van der Waals surface area contributed by atoms with Crippen molar-refractivity contribution in [3.05, 3.63) is 64.2 Å². The van der Waals surface area contributed by atoms with E-state index in [0.717, 1.165) is 69.2 Å². The number of hydrogen-bond acceptors (Lipinski definition) is 6. The summed E-state index contributed by atoms with van der Waals surface area (Å²) in [6.07, 6.45) is 10.7. The molecule has 3 aliphatic rings. The Morgan fingerprint density at radius 2 is 1.65 bits per heavy atom. The van der Waals surface area contributed by atoms with Crippen LogP contribution >= 0.6 is 11.6 Å². The van der Waals surface area contributed by atoms with E-state index in [0.29, 0.717) is 54.2 Å². The number of piperidine rings is 2. The predicted octanol–water partition coefficient (Wildman–Crippen LogP) is 5.40. The number of hydrogen-bond donors (Lipinski definition) is 5. The highest BCUT2D eigenvalue weighted by atomic mass is 35.5. The minimum atomic E-state index is -0.670. The van der Waals surface area contributed by atoms with Gasteiger partial charge in [0.05, 0.1) is 10.7 Å². The van der Waals surface area contributed by atoms with Crippen LogP contribution in [0.5, 0.6) is 0 Å². The lowest BCUT2D eigenvalue weighted by atomic mass is 9.83. The first-order chi connectivity index (χ1) is 23.2. The Morgan fingerprint density at radius 1 is 0.958 bits per heavy atom. The van der Waals surface area contributed by atoms with Crippen LogP contribution in [-0.2, 0) is 16.0 Å². The van der Waals surface area contributed by atoms with Gasteiger partial charge >= 0.3 is 6.03 Å². The molecule has 10 nitrogen and oxygen atoms in total. The fraction of sp³-hybridized carbons (Fsp3) is 0.568. The van der Waals surface area contributed by atoms with E-state index in [1.165, 1.54) is 19.3 Å². The number of nitrogens with zero attached hydrogens (tertiary/aromatic N) is 2. The molecule has 0 unspecified atom stereocenters. The number of rotatable bonds is 10. The first-order valence-electron chi connectivity index (χ1n) is 17.7. The molecule has 48 heavy (non-hydrogen) atoms. The van der Waals surface area contributed by atoms with E-state index in [-0.39, 0.29) is 29.7 Å². The number of carbonyl (C=O) groups excluding carboxylic acids is 3. The summed E-state index contributed by atoms with van der Waals surface area (Å²) in [6, 6.07) is 12.4. The third-order valence-electron chi connectivity index (χ3n) is 10.4. The van der Waals surface area contributed by atoms with Crippen LogP contribution in [0.1, 0.15) is 87.3 Å². The van der Waals surface area contributed by atoms with E-state index in [9.17, 15) is 14.4 Å². The summed E-state index contributed by atoms with van der Waals surface area (Å²) >= 11 is 6.40. The molecule has 2 saturated heterocycles. The maximum atomic E-state index is 13.9. The predicted molar refractivity (Wildman–Crippen MR) is 191 cm³/mol. The van der Waals surface area contributed by atoms with E-state index in [1.807, 2.05) is 36.1 Å². The number of amidine groups is 1. The molecule has 0 aromatic heterocycles. The Kier molecular flexibility index (Phi) is 12.7. The number of likely N-dealkylation sites (tertiary alicyclic amines) is 2. The number of nitrogens with two attached hydrogens (primary N) is 1. The number of amides is 4. The molecule has 0 radical (unpaired) electrons. The lowest BCUT2D eigenvalue weighted by Crippen LogP contribution is -2.54. The third kappa shape index (κ3) is 9.95. The zero-order valence-electron chi connectivity index (χ0n) is 28.2. The average molecular weight is 678 g/mol. The van der Waals surface area contributed by atoms with Gasteiger partial charge in [-0.1, -0.05) is 54.4 Å². The van der Waals surface area contributed by atoms with Crippen LogP contribution in [0, 0.1) is 18.3 Å². The molecule has 2 aromatic rings. The van der Waals surface area contributed by atoms with Gasteiger partial charge in [0.25, 0.3) is 0 Å². The van der Waals surface area contributed by atoms with Crippen molar-refractivity contribution in [2.75, 3.05) is 31.9 Å². The van der Waals surface area contributed by atoms with E-state index >= 15 is 0 Å². The van der Waals surface area contributed by atoms with Gasteiger partial charge < -0.3 is 26.2 Å². The van der Waals surface area contributed by atoms with Gasteiger partial charge in [0.2, 0.25) is 11.8 Å². The fourth-order valence-electron chi connectivity index (χ4n) is 7.54. The molecular weight excluding hydrogens is 626 g/mol. The normalized spacial score (nSPS) is 21.2. The van der Waals surface area contributed by atoms with Crippen LogP contribution in [0.25, 0.3) is 0 Å². The molecule has 0 bridgehead atoms. The number of anilines is 1. The van der Waals surface area contributed by atoms with Crippen LogP contribution in [0.15, 0.2) is 42.5 Å². The number of urea groups is 1. The molecule has 1 saturated carbocycles. The van der Waals surface area contributed by atoms with Crippen LogP contribution in [0.3, 0.4) is 0 Å². The second kappa shape index (κ2) is 17.2. The van der Waals surface area contributed by atoms with E-state index in [4.69, 9.17) is 22.7 Å². The molecule has 5 rings (SSSR count). The summed E-state index contributed by atoms with van der Waals surface area (Å²) in [7, 11) is 0. The van der Waals surface area contributed by atoms with Gasteiger partial charge in [0, 0.05) is 43.6 Å². The average Bonchev–Trinajstić information content (AvgIpc) is 3.10. The number of nitrogens with one attached hydrogen (secondary N) is 4. The highest BCUT2D eigenvalue weighted by Crippen LogP contribution is 2.29. The Bertz CT molecular complexity index is 1390. The van der Waals surface area contributed by atoms with Gasteiger partial charge in [0.1, 0.15) is 11.9 Å². The number of halogens is 1. The molecular formula is C37H52ClN7O3. The highest BCUT2D eigenvalue weighted by Gasteiger charge is 2.32. The van der Waals surface area contributed by atoms with Crippen LogP contribution in [0.2, 0.25) is 5.02 Å². The van der Waals surface area contributed by atoms with Crippen molar-refractivity contribution in [2.45, 2.75) is 102 Å². The van der Waals surface area contributed by atoms with Crippen molar-refractivity contribution in [1.29, 1.82) is 5.41 Å². The minimum absolute atomic E-state index is 0.0313. The maximum absolute atomic E-state index is 13.9. The SMILES string of the molecule is Cc1cc(C[C@@H](NC(=O)CCC2CCC(NC(=O)NC(=N)c3ccccc3)CC2)C(=O)N2CCC(N3CCCCC3)CC2)cc(Cl)c1N. The molecule has 0 spiro atoms. The Morgan fingerprint density at radius 3 is 2.31 bits per heavy atom. The molecule has 2 heterocycles. The van der Waals surface area contributed by atoms with Gasteiger partial charge in [-0.15, -0.1) is 0 Å². The van der Waals surface area contributed by atoms with Crippen molar-refractivity contribution in [3.8, 4) is 0 Å². The second-order valence-electron chi connectivity index (χ2n) is 13.9. The standard InChI is InChI=1S/C37H52ClN7O3/c1-25-22-27(23-31(38)34(25)39)24-32(36(47)45-20-16-30(17-21-45)44-18-6-3-7-19-44)42-33(46)15-12-26-10-13-29(14-11-26)41-37(48)43-35(40)28-8-4-2-5-9-28/h2,4-5,8-9,22-23,26,29-30,32H,3,6-7,10-21,24,39H2,1H3,(H,42,46)(H3,40,41,43,48)/t26?,29?,32-/m1/s1. The lowest BCUT2D eigenvalue weighted by molar-refractivity contribution is -0.138. The van der Waals surface area contributed by atoms with Gasteiger partial charge in [-0.25, -0.2) is 4.79 Å². The molecule has 1 aliphatic carbocycles. The van der Waals surface area contributed by atoms with Crippen LogP contribution in [-0.4, -0.2) is 77.8 Å². The quantitative estimate of drug-likeness (QED) is 0.130. The minimum Gasteiger partial charge on any atom is -0.397 e. The largest absolute Gasteiger partial charge is 0.397 e. The van der Waals surface area contributed by atoms with Crippen molar-refractivity contribution in [2.24, 2.45) is 5.92 Å². The Labute approximate surface area is 290 Å². The van der Waals surface area contributed by atoms with E-state index in [1.54, 1.807) is 18.2 Å². The van der Waals surface area contributed by atoms with Crippen molar-refractivity contribution >= 4 is 41.0 Å². The summed E-state index contributed by atoms with van der Waals surface area (Å²) in [5, 5.41) is 17.3. The van der Waals surface area contributed by atoms with Gasteiger partial charge in [-0.05, 0) is 101 Å². The van der Waals surface area contributed by atoms with Gasteiger partial charge in [-0.2, -0.15) is 0 Å². The van der Waals surface area contributed by atoms with Crippen LogP contribution < -0.4 is 21.7 Å². The third-order valence-corrected chi connectivity index (χ3v) is 10.7. The summed E-state index contributed by atoms with van der Waals surface area (Å²) in [6.45, 7) is 5.62. The first-order valence-corrected chi connectivity index (χ1v) is 18.1. The number of benzene rings is 2. The first kappa shape index (κ1) is 35.7. The Balaban J connectivity index is 1.10. The number of carbonyl (C=O) groups is 3. The smallest absolute Gasteiger partial charge is 0.320 e. The lowest BCUT2D eigenvalue weighted by Gasteiger charge is -2.41. The van der Waals surface area contributed by atoms with Gasteiger partial charge in [0.15, 0.2) is 0 Å². The highest BCUT2D eigenvalue weighted by molar-refractivity contribution is 6.33. The van der Waals surface area contributed by atoms with Crippen molar-refractivity contribution in [1.82, 2.24) is 25.8 Å². The number of aryl methyl sites for hydroxylation is 1. The van der Waals surface area contributed by atoms with Crippen LogP contribution in [0.4, 0.5) is 10.5 Å². The monoisotopic (exact) mass is 677 g/mol. The molecule has 260 valence electrons. The molecule has 3 fully saturated rings. The zero-order valence-corrected chi connectivity index (χ0v) is 29.0. The zero-order chi connectivity index (χ0) is 34.0. The Hall–Kier alpha value is -3.63. The number of nitrogen functional groups attached to an aromatic ring is 1. The summed E-state index contributed by atoms with van der Waals surface area (Å²) < 4.78 is 0. The molecule has 1 atom stereocenters. The summed E-state index contributed by atoms with van der Waals surface area (Å²) in [5.74, 6) is 0.298. The molecule has 11 heteroatoms. The van der Waals surface area contributed by atoms with Crippen molar-refractivity contribution in [3.63, 3.8) is 0 Å². The maximum Gasteiger partial charge on any atom is 0.320 e. The van der Waals surface area contributed by atoms with Crippen molar-refractivity contribution < 1.29 is 14.4 Å². The molecule has 2 aliphatic heterocycles. The fourth-order valence-corrected chi connectivity index (χ4v) is 7.83. The topological polar surface area (TPSA) is 144 Å². The van der Waals surface area contributed by atoms with E-state index in [2.05, 4.69) is 20.9 Å². The molecule has 6 N–H and O–H groups in total. The molecule has 4 amide bonds. The molecule has 2 aromatic carbocycles. The van der Waals surface area contributed by atoms with E-state index < -0.39 is 6.04 Å². The summed E-state index contributed by atoms with van der Waals surface area (Å²) in [5.41, 5.74) is 9.00. The second-order valence-corrected chi connectivity index (χ2v) is 14.3.